The fourth-order valence-electron chi connectivity index (χ4n) is 5.31. The smallest absolute Gasteiger partial charge is 0.310 e. The average Bonchev–Trinajstić information content (AvgIpc) is 3.13. The largest absolute Gasteiger partial charge is 0.491 e. The fraction of sp³-hybridized carbons (Fsp3) is 0.556. The number of fused-ring (bicyclic) bond motifs is 5. The third-order valence-electron chi connectivity index (χ3n) is 6.30. The zero-order chi connectivity index (χ0) is 16.6. The number of carbonyl (C=O) groups excluding carboxylic acids is 2. The van der Waals surface area contributed by atoms with Gasteiger partial charge in [-0.2, -0.15) is 0 Å². The van der Waals surface area contributed by atoms with Gasteiger partial charge in [-0.15, -0.1) is 0 Å². The number of likely N-dealkylation sites (N-methyl/N-ethyl adjacent to an activating group) is 1. The lowest BCUT2D eigenvalue weighted by molar-refractivity contribution is -0.154. The molecule has 6 heteroatoms. The highest BCUT2D eigenvalue weighted by atomic mass is 16.5. The Hall–Kier alpha value is -2.08. The number of hydrogen-bond acceptors (Lipinski definition) is 5. The monoisotopic (exact) mass is 328 g/mol. The van der Waals surface area contributed by atoms with E-state index in [4.69, 9.17) is 9.47 Å². The molecule has 4 aliphatic rings. The number of hydrogen-bond donors (Lipinski definition) is 0. The molecule has 2 bridgehead atoms. The number of esters is 1. The van der Waals surface area contributed by atoms with Crippen molar-refractivity contribution in [2.75, 3.05) is 20.8 Å². The Bertz CT molecular complexity index is 749. The first-order valence-electron chi connectivity index (χ1n) is 8.48. The Morgan fingerprint density at radius 1 is 1.33 bits per heavy atom. The van der Waals surface area contributed by atoms with E-state index < -0.39 is 0 Å². The predicted molar refractivity (Wildman–Crippen MR) is 84.5 cm³/mol. The minimum atomic E-state index is -0.240. The fourth-order valence-corrected chi connectivity index (χ4v) is 5.31. The zero-order valence-corrected chi connectivity index (χ0v) is 13.8. The molecular weight excluding hydrogens is 308 g/mol. The highest BCUT2D eigenvalue weighted by molar-refractivity contribution is 5.88. The number of carbonyl (C=O) groups is 2. The zero-order valence-electron chi connectivity index (χ0n) is 13.8. The lowest BCUT2D eigenvalue weighted by Crippen LogP contribution is -2.65. The van der Waals surface area contributed by atoms with Crippen LogP contribution in [0.25, 0.3) is 0 Å². The summed E-state index contributed by atoms with van der Waals surface area (Å²) in [5, 5.41) is 0. The Labute approximate surface area is 140 Å². The van der Waals surface area contributed by atoms with Crippen molar-refractivity contribution < 1.29 is 19.1 Å². The third-order valence-corrected chi connectivity index (χ3v) is 6.30. The summed E-state index contributed by atoms with van der Waals surface area (Å²) in [5.74, 6) is 0.586. The van der Waals surface area contributed by atoms with Crippen LogP contribution in [0.1, 0.15) is 23.6 Å². The summed E-state index contributed by atoms with van der Waals surface area (Å²) in [7, 11) is 3.39. The van der Waals surface area contributed by atoms with Crippen LogP contribution in [0.3, 0.4) is 0 Å². The van der Waals surface area contributed by atoms with Gasteiger partial charge in [0.15, 0.2) is 0 Å². The van der Waals surface area contributed by atoms with E-state index >= 15 is 0 Å². The molecule has 24 heavy (non-hydrogen) atoms. The summed E-state index contributed by atoms with van der Waals surface area (Å²) < 4.78 is 10.9. The summed E-state index contributed by atoms with van der Waals surface area (Å²) in [5.41, 5.74) is 2.41. The second-order valence-electron chi connectivity index (χ2n) is 7.21. The van der Waals surface area contributed by atoms with Crippen molar-refractivity contribution in [1.82, 2.24) is 9.80 Å². The maximum atomic E-state index is 13.2. The van der Waals surface area contributed by atoms with E-state index in [1.165, 1.54) is 18.2 Å². The van der Waals surface area contributed by atoms with Crippen LogP contribution in [0.2, 0.25) is 0 Å². The maximum Gasteiger partial charge on any atom is 0.310 e. The van der Waals surface area contributed by atoms with E-state index in [2.05, 4.69) is 11.0 Å². The summed E-state index contributed by atoms with van der Waals surface area (Å²) in [6, 6.07) is 5.87. The highest BCUT2D eigenvalue weighted by Crippen LogP contribution is 2.50. The van der Waals surface area contributed by atoms with Gasteiger partial charge in [-0.05, 0) is 31.5 Å². The molecule has 0 aromatic heterocycles. The van der Waals surface area contributed by atoms with Crippen LogP contribution in [-0.4, -0.2) is 60.6 Å². The van der Waals surface area contributed by atoms with Crippen LogP contribution in [0, 0.1) is 5.92 Å². The molecule has 0 unspecified atom stereocenters. The van der Waals surface area contributed by atoms with E-state index in [0.29, 0.717) is 13.0 Å². The second kappa shape index (κ2) is 4.72. The van der Waals surface area contributed by atoms with Crippen molar-refractivity contribution in [2.45, 2.75) is 37.0 Å². The van der Waals surface area contributed by atoms with E-state index in [1.54, 1.807) is 0 Å². The van der Waals surface area contributed by atoms with Gasteiger partial charge >= 0.3 is 5.97 Å². The summed E-state index contributed by atoms with van der Waals surface area (Å²) >= 11 is 0. The molecule has 4 aliphatic heterocycles. The third kappa shape index (κ3) is 1.59. The summed E-state index contributed by atoms with van der Waals surface area (Å²) in [6.07, 6.45) is 1.32. The van der Waals surface area contributed by atoms with Crippen molar-refractivity contribution in [3.63, 3.8) is 0 Å². The summed E-state index contributed by atoms with van der Waals surface area (Å²) in [4.78, 5) is 29.6. The molecule has 0 spiro atoms. The van der Waals surface area contributed by atoms with E-state index in [9.17, 15) is 9.59 Å². The van der Waals surface area contributed by atoms with Gasteiger partial charge in [0.2, 0.25) is 5.91 Å². The van der Waals surface area contributed by atoms with Crippen LogP contribution in [0.5, 0.6) is 5.75 Å². The number of methoxy groups -OCH3 is 1. The Morgan fingerprint density at radius 3 is 2.96 bits per heavy atom. The molecule has 5 rings (SSSR count). The molecule has 1 aromatic rings. The Kier molecular flexibility index (Phi) is 2.81. The van der Waals surface area contributed by atoms with Crippen molar-refractivity contribution in [3.8, 4) is 5.75 Å². The van der Waals surface area contributed by atoms with Gasteiger partial charge < -0.3 is 14.4 Å². The number of nitrogens with zero attached hydrogens (tertiary/aromatic N) is 2. The maximum absolute atomic E-state index is 13.2. The molecule has 0 N–H and O–H groups in total. The van der Waals surface area contributed by atoms with Gasteiger partial charge in [0.25, 0.3) is 0 Å². The first-order valence-corrected chi connectivity index (χ1v) is 8.48. The van der Waals surface area contributed by atoms with Crippen molar-refractivity contribution in [2.24, 2.45) is 5.92 Å². The first kappa shape index (κ1) is 14.3. The normalized spacial score (nSPS) is 36.2. The van der Waals surface area contributed by atoms with Crippen LogP contribution in [0.4, 0.5) is 0 Å². The number of benzene rings is 1. The molecule has 2 fully saturated rings. The second-order valence-corrected chi connectivity index (χ2v) is 7.21. The van der Waals surface area contributed by atoms with Gasteiger partial charge in [-0.1, -0.05) is 12.1 Å². The van der Waals surface area contributed by atoms with E-state index in [1.807, 2.05) is 24.1 Å². The average molecular weight is 328 g/mol. The van der Waals surface area contributed by atoms with Gasteiger partial charge in [0.1, 0.15) is 12.4 Å². The highest BCUT2D eigenvalue weighted by Gasteiger charge is 2.60. The Morgan fingerprint density at radius 2 is 2.17 bits per heavy atom. The molecule has 2 saturated heterocycles. The number of ether oxygens (including phenoxy) is 2. The molecule has 6 nitrogen and oxygen atoms in total. The van der Waals surface area contributed by atoms with Crippen molar-refractivity contribution in [1.29, 1.82) is 0 Å². The lowest BCUT2D eigenvalue weighted by Gasteiger charge is -2.50. The number of amides is 1. The van der Waals surface area contributed by atoms with Crippen molar-refractivity contribution in [3.05, 3.63) is 29.3 Å². The SMILES string of the molecule is COC(=O)[C@@H]1C[C@H]2C(=O)N3[C@H]4COc5cccc(c54)C[C@H]3[C@@H]1N2C. The molecule has 5 atom stereocenters. The lowest BCUT2D eigenvalue weighted by atomic mass is 9.82. The molecule has 1 amide bonds. The van der Waals surface area contributed by atoms with E-state index in [0.717, 1.165) is 12.2 Å². The number of piperazine rings is 1. The topological polar surface area (TPSA) is 59.1 Å². The first-order chi connectivity index (χ1) is 11.6. The standard InChI is InChI=1S/C18H20N2O4/c1-19-12-7-10(18(22)23-2)16(19)11-6-9-4-3-5-14-15(9)13(8-24-14)20(11)17(12)21/h3-5,10-13,16H,6-8H2,1-2H3/t10-,11+,12+,13+,16-/m1/s1. The quantitative estimate of drug-likeness (QED) is 0.712. The minimum Gasteiger partial charge on any atom is -0.491 e. The van der Waals surface area contributed by atoms with Crippen molar-refractivity contribution >= 4 is 11.9 Å². The molecule has 0 aliphatic carbocycles. The van der Waals surface area contributed by atoms with Crippen LogP contribution < -0.4 is 4.74 Å². The van der Waals surface area contributed by atoms with Crippen LogP contribution >= 0.6 is 0 Å². The van der Waals surface area contributed by atoms with Crippen LogP contribution in [-0.2, 0) is 20.7 Å². The van der Waals surface area contributed by atoms with Gasteiger partial charge in [0.05, 0.1) is 31.2 Å². The molecule has 4 heterocycles. The minimum absolute atomic E-state index is 0.000185. The Balaban J connectivity index is 1.62. The molecule has 0 saturated carbocycles. The van der Waals surface area contributed by atoms with Crippen LogP contribution in [0.15, 0.2) is 18.2 Å². The van der Waals surface area contributed by atoms with Gasteiger partial charge in [-0.3, -0.25) is 14.5 Å². The summed E-state index contributed by atoms with van der Waals surface area (Å²) in [6.45, 7) is 0.515. The van der Waals surface area contributed by atoms with E-state index in [-0.39, 0.29) is 42.0 Å². The predicted octanol–water partition coefficient (Wildman–Crippen LogP) is 0.749. The molecule has 1 aromatic carbocycles. The molecule has 0 radical (unpaired) electrons. The number of rotatable bonds is 1. The molecule has 126 valence electrons. The molecular formula is C18H20N2O4. The van der Waals surface area contributed by atoms with Gasteiger partial charge in [-0.25, -0.2) is 0 Å². The van der Waals surface area contributed by atoms with Gasteiger partial charge in [0, 0.05) is 11.6 Å².